The van der Waals surface area contributed by atoms with Crippen LogP contribution < -0.4 is 21.5 Å². The zero-order chi connectivity index (χ0) is 20.4. The van der Waals surface area contributed by atoms with Gasteiger partial charge in [0.05, 0.1) is 11.5 Å². The van der Waals surface area contributed by atoms with Gasteiger partial charge in [0.15, 0.2) is 0 Å². The predicted molar refractivity (Wildman–Crippen MR) is 106 cm³/mol. The van der Waals surface area contributed by atoms with Crippen molar-refractivity contribution in [2.24, 2.45) is 0 Å². The van der Waals surface area contributed by atoms with Gasteiger partial charge in [-0.2, -0.15) is 4.98 Å². The van der Waals surface area contributed by atoms with Crippen molar-refractivity contribution in [1.82, 2.24) is 9.97 Å². The number of nitrogens with zero attached hydrogens (tertiary/aromatic N) is 1. The number of nitrogens with one attached hydrogen (secondary N) is 4. The molecule has 0 saturated heterocycles. The van der Waals surface area contributed by atoms with Crippen molar-refractivity contribution < 1.29 is 14.0 Å². The molecule has 3 aromatic rings. The molecule has 8 nitrogen and oxygen atoms in total. The first-order valence-corrected chi connectivity index (χ1v) is 8.82. The number of halogens is 1. The molecule has 0 saturated carbocycles. The lowest BCUT2D eigenvalue weighted by Gasteiger charge is -2.23. The molecule has 1 atom stereocenters. The molecule has 1 aromatic heterocycles. The van der Waals surface area contributed by atoms with Crippen LogP contribution in [0.2, 0.25) is 0 Å². The Morgan fingerprint density at radius 2 is 1.76 bits per heavy atom. The summed E-state index contributed by atoms with van der Waals surface area (Å²) in [6, 6.07) is 14.2. The minimum Gasteiger partial charge on any atom is -0.326 e. The van der Waals surface area contributed by atoms with Crippen molar-refractivity contribution in [3.05, 3.63) is 76.3 Å². The summed E-state index contributed by atoms with van der Waals surface area (Å²) in [6.45, 7) is 0. The normalized spacial score (nSPS) is 15.2. The van der Waals surface area contributed by atoms with Gasteiger partial charge in [-0.1, -0.05) is 18.2 Å². The van der Waals surface area contributed by atoms with Crippen molar-refractivity contribution in [2.75, 3.05) is 16.0 Å². The number of aromatic amines is 1. The van der Waals surface area contributed by atoms with Crippen LogP contribution >= 0.6 is 0 Å². The van der Waals surface area contributed by atoms with E-state index in [4.69, 9.17) is 0 Å². The Morgan fingerprint density at radius 1 is 1.03 bits per heavy atom. The number of carbonyl (C=O) groups is 2. The number of rotatable bonds is 4. The highest BCUT2D eigenvalue weighted by Gasteiger charge is 2.34. The second-order valence-electron chi connectivity index (χ2n) is 6.47. The highest BCUT2D eigenvalue weighted by Crippen LogP contribution is 2.30. The molecule has 1 aliphatic heterocycles. The molecule has 2 aromatic carbocycles. The van der Waals surface area contributed by atoms with E-state index in [-0.39, 0.29) is 23.8 Å². The Kier molecular flexibility index (Phi) is 4.78. The molecule has 1 aliphatic rings. The molecule has 29 heavy (non-hydrogen) atoms. The molecule has 4 N–H and O–H groups in total. The zero-order valence-electron chi connectivity index (χ0n) is 15.0. The number of H-pyrrole nitrogens is 1. The van der Waals surface area contributed by atoms with Gasteiger partial charge in [-0.15, -0.1) is 0 Å². The highest BCUT2D eigenvalue weighted by atomic mass is 19.1. The molecule has 2 amide bonds. The number of hydrogen-bond donors (Lipinski definition) is 4. The molecule has 2 heterocycles. The third-order valence-corrected chi connectivity index (χ3v) is 4.42. The van der Waals surface area contributed by atoms with Gasteiger partial charge in [0, 0.05) is 17.8 Å². The number of amides is 2. The Labute approximate surface area is 164 Å². The van der Waals surface area contributed by atoms with Crippen molar-refractivity contribution in [1.29, 1.82) is 0 Å². The molecule has 0 bridgehead atoms. The summed E-state index contributed by atoms with van der Waals surface area (Å²) in [4.78, 5) is 44.3. The van der Waals surface area contributed by atoms with Crippen LogP contribution in [0.5, 0.6) is 0 Å². The maximum Gasteiger partial charge on any atom is 0.258 e. The maximum atomic E-state index is 13.0. The molecule has 4 rings (SSSR count). The average molecular weight is 393 g/mol. The maximum absolute atomic E-state index is 13.0. The first-order chi connectivity index (χ1) is 14.0. The van der Waals surface area contributed by atoms with E-state index in [1.807, 2.05) is 18.2 Å². The lowest BCUT2D eigenvalue weighted by atomic mass is 9.92. The summed E-state index contributed by atoms with van der Waals surface area (Å²) in [6.07, 6.45) is -0.198. The smallest absolute Gasteiger partial charge is 0.258 e. The van der Waals surface area contributed by atoms with E-state index in [2.05, 4.69) is 25.9 Å². The highest BCUT2D eigenvalue weighted by molar-refractivity contribution is 6.04. The summed E-state index contributed by atoms with van der Waals surface area (Å²) in [5.74, 6) is -2.28. The van der Waals surface area contributed by atoms with E-state index in [9.17, 15) is 18.8 Å². The van der Waals surface area contributed by atoms with Gasteiger partial charge in [0.25, 0.3) is 5.56 Å². The van der Waals surface area contributed by atoms with Crippen molar-refractivity contribution in [3.8, 4) is 0 Å². The number of aromatic nitrogens is 2. The van der Waals surface area contributed by atoms with Gasteiger partial charge in [0.1, 0.15) is 11.6 Å². The molecular formula is C20H16FN5O3. The largest absolute Gasteiger partial charge is 0.326 e. The topological polar surface area (TPSA) is 116 Å². The van der Waals surface area contributed by atoms with Crippen molar-refractivity contribution >= 4 is 35.0 Å². The summed E-state index contributed by atoms with van der Waals surface area (Å²) >= 11 is 0. The quantitative estimate of drug-likeness (QED) is 0.544. The summed E-state index contributed by atoms with van der Waals surface area (Å²) < 4.78 is 13.0. The number of fused-ring (bicyclic) bond motifs is 1. The first-order valence-electron chi connectivity index (χ1n) is 8.82. The van der Waals surface area contributed by atoms with Crippen LogP contribution in [0, 0.1) is 5.82 Å². The predicted octanol–water partition coefficient (Wildman–Crippen LogP) is 2.72. The number of para-hydroxylation sites is 1. The Bertz CT molecular complexity index is 1130. The van der Waals surface area contributed by atoms with Crippen LogP contribution in [0.1, 0.15) is 17.9 Å². The lowest BCUT2D eigenvalue weighted by molar-refractivity contribution is -0.123. The van der Waals surface area contributed by atoms with Crippen molar-refractivity contribution in [3.63, 3.8) is 0 Å². The van der Waals surface area contributed by atoms with E-state index < -0.39 is 29.1 Å². The van der Waals surface area contributed by atoms with Gasteiger partial charge >= 0.3 is 0 Å². The molecule has 9 heteroatoms. The lowest BCUT2D eigenvalue weighted by Crippen LogP contribution is -2.36. The van der Waals surface area contributed by atoms with Crippen LogP contribution in [0.25, 0.3) is 0 Å². The van der Waals surface area contributed by atoms with Crippen molar-refractivity contribution in [2.45, 2.75) is 12.3 Å². The average Bonchev–Trinajstić information content (AvgIpc) is 2.69. The molecule has 0 radical (unpaired) electrons. The molecule has 1 unspecified atom stereocenters. The Balaban J connectivity index is 1.63. The third kappa shape index (κ3) is 3.98. The third-order valence-electron chi connectivity index (χ3n) is 4.42. The summed E-state index contributed by atoms with van der Waals surface area (Å²) in [5, 5.41) is 8.09. The standard InChI is InChI=1S/C20H16FN5O3/c21-11-6-8-13(9-7-11)22-18(28)14-10-15(27)24-17-16(14)19(29)26-20(25-17)23-12-4-2-1-3-5-12/h1-9,14H,10H2,(H,22,28)(H3,23,24,25,26,27,29). The summed E-state index contributed by atoms with van der Waals surface area (Å²) in [5.41, 5.74) is 0.592. The second kappa shape index (κ2) is 7.55. The van der Waals surface area contributed by atoms with E-state index in [1.165, 1.54) is 24.3 Å². The first kappa shape index (κ1) is 18.4. The molecule has 0 aliphatic carbocycles. The Hall–Kier alpha value is -4.01. The Morgan fingerprint density at radius 3 is 2.48 bits per heavy atom. The van der Waals surface area contributed by atoms with Crippen LogP contribution in [-0.2, 0) is 9.59 Å². The fraction of sp³-hybridized carbons (Fsp3) is 0.100. The van der Waals surface area contributed by atoms with E-state index in [0.717, 1.165) is 0 Å². The minimum atomic E-state index is -1.02. The van der Waals surface area contributed by atoms with Crippen LogP contribution in [-0.4, -0.2) is 21.8 Å². The molecular weight excluding hydrogens is 377 g/mol. The van der Waals surface area contributed by atoms with Gasteiger partial charge < -0.3 is 16.0 Å². The second-order valence-corrected chi connectivity index (χ2v) is 6.47. The van der Waals surface area contributed by atoms with Gasteiger partial charge in [-0.25, -0.2) is 4.39 Å². The number of benzene rings is 2. The van der Waals surface area contributed by atoms with E-state index >= 15 is 0 Å². The number of hydrogen-bond acceptors (Lipinski definition) is 5. The van der Waals surface area contributed by atoms with Gasteiger partial charge in [-0.05, 0) is 36.4 Å². The van der Waals surface area contributed by atoms with E-state index in [0.29, 0.717) is 11.4 Å². The fourth-order valence-corrected chi connectivity index (χ4v) is 3.08. The zero-order valence-corrected chi connectivity index (χ0v) is 15.0. The van der Waals surface area contributed by atoms with Crippen LogP contribution in [0.3, 0.4) is 0 Å². The van der Waals surface area contributed by atoms with Gasteiger partial charge in [0.2, 0.25) is 17.8 Å². The molecule has 0 fully saturated rings. The van der Waals surface area contributed by atoms with Crippen LogP contribution in [0.4, 0.5) is 27.5 Å². The van der Waals surface area contributed by atoms with Gasteiger partial charge in [-0.3, -0.25) is 19.4 Å². The van der Waals surface area contributed by atoms with Crippen LogP contribution in [0.15, 0.2) is 59.4 Å². The molecule has 146 valence electrons. The minimum absolute atomic E-state index is 0.0303. The fourth-order valence-electron chi connectivity index (χ4n) is 3.08. The monoisotopic (exact) mass is 393 g/mol. The number of anilines is 4. The summed E-state index contributed by atoms with van der Waals surface area (Å²) in [7, 11) is 0. The SMILES string of the molecule is O=C1CC(C(=O)Nc2ccc(F)cc2)c2c(nc(Nc3ccccc3)[nH]c2=O)N1. The van der Waals surface area contributed by atoms with E-state index in [1.54, 1.807) is 12.1 Å². The molecule has 0 spiro atoms. The number of carbonyl (C=O) groups excluding carboxylic acids is 2.